The summed E-state index contributed by atoms with van der Waals surface area (Å²) in [7, 11) is 1.69. The Morgan fingerprint density at radius 3 is 2.59 bits per heavy atom. The van der Waals surface area contributed by atoms with Crippen molar-refractivity contribution in [2.45, 2.75) is 31.0 Å². The van der Waals surface area contributed by atoms with Crippen molar-refractivity contribution < 1.29 is 9.47 Å². The average molecular weight is 233 g/mol. The van der Waals surface area contributed by atoms with Gasteiger partial charge in [0.15, 0.2) is 0 Å². The van der Waals surface area contributed by atoms with E-state index in [1.54, 1.807) is 7.11 Å². The average Bonchev–Trinajstić information content (AvgIpc) is 2.98. The predicted molar refractivity (Wildman–Crippen MR) is 66.2 cm³/mol. The second kappa shape index (κ2) is 4.31. The molecule has 0 spiro atoms. The van der Waals surface area contributed by atoms with E-state index in [1.165, 1.54) is 18.4 Å². The molecule has 2 heterocycles. The Morgan fingerprint density at radius 2 is 1.94 bits per heavy atom. The maximum absolute atomic E-state index is 5.99. The van der Waals surface area contributed by atoms with E-state index in [2.05, 4.69) is 12.1 Å². The fraction of sp³-hybridized carbons (Fsp3) is 0.571. The summed E-state index contributed by atoms with van der Waals surface area (Å²) in [5, 5.41) is 0. The van der Waals surface area contributed by atoms with E-state index in [1.807, 2.05) is 12.1 Å². The Bertz CT molecular complexity index is 390. The molecule has 0 amide bonds. The molecule has 92 valence electrons. The van der Waals surface area contributed by atoms with Crippen LogP contribution in [0.15, 0.2) is 24.3 Å². The van der Waals surface area contributed by atoms with Crippen LogP contribution in [0.3, 0.4) is 0 Å². The molecule has 4 unspecified atom stereocenters. The van der Waals surface area contributed by atoms with Crippen molar-refractivity contribution in [1.82, 2.24) is 0 Å². The van der Waals surface area contributed by atoms with Gasteiger partial charge in [-0.2, -0.15) is 0 Å². The van der Waals surface area contributed by atoms with Crippen LogP contribution in [0.5, 0.6) is 5.75 Å². The van der Waals surface area contributed by atoms with E-state index in [0.29, 0.717) is 24.0 Å². The topological polar surface area (TPSA) is 44.5 Å². The highest BCUT2D eigenvalue weighted by atomic mass is 16.5. The van der Waals surface area contributed by atoms with Gasteiger partial charge in [-0.3, -0.25) is 0 Å². The number of fused-ring (bicyclic) bond motifs is 2. The largest absolute Gasteiger partial charge is 0.497 e. The van der Waals surface area contributed by atoms with Gasteiger partial charge in [0, 0.05) is 11.8 Å². The molecular weight excluding hydrogens is 214 g/mol. The number of ether oxygens (including phenoxy) is 2. The predicted octanol–water partition coefficient (Wildman–Crippen LogP) is 1.91. The molecule has 0 aliphatic carbocycles. The van der Waals surface area contributed by atoms with E-state index in [9.17, 15) is 0 Å². The molecule has 4 atom stereocenters. The van der Waals surface area contributed by atoms with E-state index in [4.69, 9.17) is 15.2 Å². The van der Waals surface area contributed by atoms with Crippen molar-refractivity contribution in [1.29, 1.82) is 0 Å². The number of hydrogen-bond donors (Lipinski definition) is 1. The van der Waals surface area contributed by atoms with Gasteiger partial charge in [0.2, 0.25) is 0 Å². The minimum absolute atomic E-state index is 0.377. The summed E-state index contributed by atoms with van der Waals surface area (Å²) < 4.78 is 11.2. The molecule has 2 N–H and O–H groups in total. The molecule has 2 aliphatic heterocycles. The van der Waals surface area contributed by atoms with Gasteiger partial charge >= 0.3 is 0 Å². The van der Waals surface area contributed by atoms with Gasteiger partial charge in [0.25, 0.3) is 0 Å². The maximum atomic E-state index is 5.99. The lowest BCUT2D eigenvalue weighted by Crippen LogP contribution is -2.31. The molecule has 0 aromatic heterocycles. The number of benzene rings is 1. The number of rotatable bonds is 3. The molecule has 2 aliphatic rings. The van der Waals surface area contributed by atoms with Crippen LogP contribution in [0, 0.1) is 5.92 Å². The van der Waals surface area contributed by atoms with Crippen LogP contribution in [0.1, 0.15) is 24.3 Å². The van der Waals surface area contributed by atoms with E-state index in [-0.39, 0.29) is 0 Å². The lowest BCUT2D eigenvalue weighted by molar-refractivity contribution is 0.0918. The molecule has 3 rings (SSSR count). The second-order valence-electron chi connectivity index (χ2n) is 4.99. The number of nitrogens with two attached hydrogens (primary N) is 1. The van der Waals surface area contributed by atoms with Crippen molar-refractivity contribution in [2.75, 3.05) is 13.7 Å². The van der Waals surface area contributed by atoms with Crippen LogP contribution in [-0.4, -0.2) is 25.9 Å². The van der Waals surface area contributed by atoms with Gasteiger partial charge < -0.3 is 15.2 Å². The molecular formula is C14H19NO2. The smallest absolute Gasteiger partial charge is 0.118 e. The van der Waals surface area contributed by atoms with E-state index >= 15 is 0 Å². The molecule has 3 nitrogen and oxygen atoms in total. The van der Waals surface area contributed by atoms with Gasteiger partial charge in [-0.15, -0.1) is 0 Å². The summed E-state index contributed by atoms with van der Waals surface area (Å²) >= 11 is 0. The fourth-order valence-electron chi connectivity index (χ4n) is 3.36. The Morgan fingerprint density at radius 1 is 1.24 bits per heavy atom. The maximum Gasteiger partial charge on any atom is 0.118 e. The Hall–Kier alpha value is -1.06. The van der Waals surface area contributed by atoms with Crippen LogP contribution < -0.4 is 10.5 Å². The van der Waals surface area contributed by atoms with Gasteiger partial charge in [-0.05, 0) is 37.1 Å². The second-order valence-corrected chi connectivity index (χ2v) is 4.99. The third kappa shape index (κ3) is 1.74. The van der Waals surface area contributed by atoms with Crippen LogP contribution in [0.2, 0.25) is 0 Å². The fourth-order valence-corrected chi connectivity index (χ4v) is 3.36. The van der Waals surface area contributed by atoms with Gasteiger partial charge in [0.05, 0.1) is 19.3 Å². The molecule has 1 aromatic rings. The highest BCUT2D eigenvalue weighted by molar-refractivity contribution is 5.32. The quantitative estimate of drug-likeness (QED) is 0.867. The van der Waals surface area contributed by atoms with Gasteiger partial charge in [-0.1, -0.05) is 12.1 Å². The molecule has 2 bridgehead atoms. The van der Waals surface area contributed by atoms with Crippen molar-refractivity contribution in [3.63, 3.8) is 0 Å². The SMILES string of the molecule is COc1ccc(C2C3CCC(O3)C2CN)cc1. The third-order valence-electron chi connectivity index (χ3n) is 4.20. The first kappa shape index (κ1) is 11.1. The Balaban J connectivity index is 1.87. The van der Waals surface area contributed by atoms with Crippen LogP contribution in [0.4, 0.5) is 0 Å². The zero-order valence-electron chi connectivity index (χ0n) is 10.1. The lowest BCUT2D eigenvalue weighted by atomic mass is 9.75. The molecule has 0 radical (unpaired) electrons. The van der Waals surface area contributed by atoms with Crippen molar-refractivity contribution in [3.05, 3.63) is 29.8 Å². The molecule has 0 saturated carbocycles. The number of hydrogen-bond acceptors (Lipinski definition) is 3. The zero-order valence-corrected chi connectivity index (χ0v) is 10.1. The molecule has 3 heteroatoms. The van der Waals surface area contributed by atoms with Crippen LogP contribution in [-0.2, 0) is 4.74 Å². The molecule has 1 aromatic carbocycles. The minimum atomic E-state index is 0.377. The highest BCUT2D eigenvalue weighted by Gasteiger charge is 2.48. The number of methoxy groups -OCH3 is 1. The summed E-state index contributed by atoms with van der Waals surface area (Å²) in [6, 6.07) is 8.34. The van der Waals surface area contributed by atoms with Gasteiger partial charge in [0.1, 0.15) is 5.75 Å². The minimum Gasteiger partial charge on any atom is -0.497 e. The third-order valence-corrected chi connectivity index (χ3v) is 4.20. The summed E-state index contributed by atoms with van der Waals surface area (Å²) in [5.74, 6) is 1.87. The lowest BCUT2D eigenvalue weighted by Gasteiger charge is -2.27. The van der Waals surface area contributed by atoms with Crippen molar-refractivity contribution in [3.8, 4) is 5.75 Å². The first-order chi connectivity index (χ1) is 8.33. The monoisotopic (exact) mass is 233 g/mol. The highest BCUT2D eigenvalue weighted by Crippen LogP contribution is 2.48. The summed E-state index contributed by atoms with van der Waals surface area (Å²) in [6.45, 7) is 0.720. The normalized spacial score (nSPS) is 35.2. The summed E-state index contributed by atoms with van der Waals surface area (Å²) in [4.78, 5) is 0. The van der Waals surface area contributed by atoms with E-state index < -0.39 is 0 Å². The van der Waals surface area contributed by atoms with Crippen LogP contribution >= 0.6 is 0 Å². The first-order valence-corrected chi connectivity index (χ1v) is 6.33. The van der Waals surface area contributed by atoms with Crippen molar-refractivity contribution in [2.24, 2.45) is 11.7 Å². The van der Waals surface area contributed by atoms with Crippen molar-refractivity contribution >= 4 is 0 Å². The Kier molecular flexibility index (Phi) is 2.81. The van der Waals surface area contributed by atoms with Gasteiger partial charge in [-0.25, -0.2) is 0 Å². The zero-order chi connectivity index (χ0) is 11.8. The summed E-state index contributed by atoms with van der Waals surface area (Å²) in [6.07, 6.45) is 3.12. The molecule has 17 heavy (non-hydrogen) atoms. The molecule has 2 fully saturated rings. The Labute approximate surface area is 102 Å². The molecule has 2 saturated heterocycles. The summed E-state index contributed by atoms with van der Waals surface area (Å²) in [5.41, 5.74) is 7.24. The van der Waals surface area contributed by atoms with E-state index in [0.717, 1.165) is 12.3 Å². The van der Waals surface area contributed by atoms with Crippen LogP contribution in [0.25, 0.3) is 0 Å². The first-order valence-electron chi connectivity index (χ1n) is 6.33. The standard InChI is InChI=1S/C14H19NO2/c1-16-10-4-2-9(3-5-10)14-11(8-15)12-6-7-13(14)17-12/h2-5,11-14H,6-8,15H2,1H3.